The molecule has 88 valence electrons. The lowest BCUT2D eigenvalue weighted by atomic mass is 9.69. The van der Waals surface area contributed by atoms with Crippen LogP contribution in [0.2, 0.25) is 0 Å². The number of hydrogen-bond acceptors (Lipinski definition) is 1. The number of hydrogen-bond donors (Lipinski definition) is 0. The van der Waals surface area contributed by atoms with Crippen molar-refractivity contribution < 1.29 is 4.74 Å². The summed E-state index contributed by atoms with van der Waals surface area (Å²) in [6.45, 7) is 6.67. The molecule has 16 heavy (non-hydrogen) atoms. The van der Waals surface area contributed by atoms with Crippen LogP contribution < -0.4 is 4.74 Å². The predicted octanol–water partition coefficient (Wildman–Crippen LogP) is 4.19. The first-order chi connectivity index (χ1) is 7.54. The minimum absolute atomic E-state index is 0.240. The zero-order chi connectivity index (χ0) is 11.8. The molecule has 1 fully saturated rings. The molecule has 1 aliphatic rings. The van der Waals surface area contributed by atoms with Gasteiger partial charge in [-0.05, 0) is 30.5 Å². The third kappa shape index (κ3) is 2.13. The van der Waals surface area contributed by atoms with Gasteiger partial charge in [0.15, 0.2) is 0 Å². The fraction of sp³-hybridized carbons (Fsp3) is 0.571. The lowest BCUT2D eigenvalue weighted by molar-refractivity contribution is -0.00780. The molecule has 2 unspecified atom stereocenters. The Morgan fingerprint density at radius 1 is 1.31 bits per heavy atom. The van der Waals surface area contributed by atoms with E-state index in [4.69, 9.17) is 4.74 Å². The minimum atomic E-state index is 0.240. The van der Waals surface area contributed by atoms with E-state index < -0.39 is 0 Å². The van der Waals surface area contributed by atoms with Gasteiger partial charge in [0.05, 0.1) is 0 Å². The summed E-state index contributed by atoms with van der Waals surface area (Å²) < 4.78 is 6.01. The summed E-state index contributed by atoms with van der Waals surface area (Å²) in [5.74, 6) is 0.995. The summed E-state index contributed by atoms with van der Waals surface area (Å²) in [6, 6.07) is 8.45. The Hall–Kier alpha value is -0.500. The summed E-state index contributed by atoms with van der Waals surface area (Å²) in [5, 5.41) is 0. The van der Waals surface area contributed by atoms with Gasteiger partial charge in [-0.25, -0.2) is 0 Å². The van der Waals surface area contributed by atoms with E-state index in [2.05, 4.69) is 61.0 Å². The molecule has 1 aromatic rings. The van der Waals surface area contributed by atoms with E-state index in [1.54, 1.807) is 0 Å². The Morgan fingerprint density at radius 3 is 2.38 bits per heavy atom. The topological polar surface area (TPSA) is 9.23 Å². The van der Waals surface area contributed by atoms with E-state index in [0.29, 0.717) is 10.9 Å². The molecule has 0 aromatic heterocycles. The second-order valence-corrected chi connectivity index (χ2v) is 6.23. The normalized spacial score (nSPS) is 27.2. The van der Waals surface area contributed by atoms with E-state index in [-0.39, 0.29) is 5.41 Å². The quantitative estimate of drug-likeness (QED) is 0.756. The average molecular weight is 283 g/mol. The summed E-state index contributed by atoms with van der Waals surface area (Å²) in [6.07, 6.45) is 2.52. The van der Waals surface area contributed by atoms with Gasteiger partial charge < -0.3 is 4.74 Å². The Kier molecular flexibility index (Phi) is 3.29. The van der Waals surface area contributed by atoms with Crippen LogP contribution in [0.3, 0.4) is 0 Å². The molecule has 1 aliphatic carbocycles. The van der Waals surface area contributed by atoms with Crippen LogP contribution >= 0.6 is 15.9 Å². The number of benzene rings is 1. The first kappa shape index (κ1) is 12.0. The molecule has 0 spiro atoms. The first-order valence-corrected chi connectivity index (χ1v) is 6.85. The maximum absolute atomic E-state index is 6.01. The lowest BCUT2D eigenvalue weighted by Crippen LogP contribution is -2.53. The highest BCUT2D eigenvalue weighted by Gasteiger charge is 2.48. The van der Waals surface area contributed by atoms with Crippen LogP contribution in [0.5, 0.6) is 5.75 Å². The van der Waals surface area contributed by atoms with Gasteiger partial charge in [0.2, 0.25) is 0 Å². The fourth-order valence-corrected chi connectivity index (χ4v) is 2.64. The second kappa shape index (κ2) is 4.40. The van der Waals surface area contributed by atoms with Gasteiger partial charge in [0, 0.05) is 10.2 Å². The first-order valence-electron chi connectivity index (χ1n) is 5.93. The molecular weight excluding hydrogens is 264 g/mol. The van der Waals surface area contributed by atoms with Crippen LogP contribution in [0, 0.1) is 5.41 Å². The summed E-state index contributed by atoms with van der Waals surface area (Å²) >= 11 is 3.68. The van der Waals surface area contributed by atoms with Crippen LogP contribution in [0.1, 0.15) is 32.8 Å². The van der Waals surface area contributed by atoms with Gasteiger partial charge >= 0.3 is 0 Å². The van der Waals surface area contributed by atoms with Crippen molar-refractivity contribution in [2.75, 3.05) is 0 Å². The van der Waals surface area contributed by atoms with Crippen molar-refractivity contribution in [3.05, 3.63) is 29.8 Å². The van der Waals surface area contributed by atoms with Gasteiger partial charge in [-0.2, -0.15) is 0 Å². The fourth-order valence-electron chi connectivity index (χ4n) is 2.00. The van der Waals surface area contributed by atoms with Crippen LogP contribution in [0.15, 0.2) is 24.3 Å². The smallest absolute Gasteiger partial charge is 0.119 e. The van der Waals surface area contributed by atoms with Gasteiger partial charge in [0.1, 0.15) is 11.9 Å². The number of alkyl halides is 1. The monoisotopic (exact) mass is 282 g/mol. The van der Waals surface area contributed by atoms with Gasteiger partial charge in [-0.3, -0.25) is 0 Å². The highest BCUT2D eigenvalue weighted by atomic mass is 79.9. The molecule has 1 aromatic carbocycles. The molecule has 0 heterocycles. The van der Waals surface area contributed by atoms with Crippen LogP contribution in [0.4, 0.5) is 0 Å². The van der Waals surface area contributed by atoms with Crippen molar-refractivity contribution in [2.45, 2.75) is 44.5 Å². The zero-order valence-electron chi connectivity index (χ0n) is 10.2. The number of halogens is 1. The summed E-state index contributed by atoms with van der Waals surface area (Å²) in [4.78, 5) is 0.583. The van der Waals surface area contributed by atoms with E-state index in [1.165, 1.54) is 5.56 Å². The van der Waals surface area contributed by atoms with Crippen molar-refractivity contribution in [3.63, 3.8) is 0 Å². The molecule has 0 radical (unpaired) electrons. The van der Waals surface area contributed by atoms with Crippen molar-refractivity contribution in [1.82, 2.24) is 0 Å². The molecule has 2 atom stereocenters. The Labute approximate surface area is 106 Å². The largest absolute Gasteiger partial charge is 0.490 e. The van der Waals surface area contributed by atoms with Crippen LogP contribution in [0.25, 0.3) is 0 Å². The average Bonchev–Trinajstić information content (AvgIpc) is 2.29. The maximum Gasteiger partial charge on any atom is 0.119 e. The molecule has 1 saturated carbocycles. The Balaban J connectivity index is 2.00. The molecule has 0 bridgehead atoms. The van der Waals surface area contributed by atoms with Crippen molar-refractivity contribution in [3.8, 4) is 5.75 Å². The highest BCUT2D eigenvalue weighted by Crippen LogP contribution is 2.47. The highest BCUT2D eigenvalue weighted by molar-refractivity contribution is 9.09. The SMILES string of the molecule is CCc1ccc(OC2CC(Br)C2(C)C)cc1. The number of rotatable bonds is 3. The molecule has 0 aliphatic heterocycles. The van der Waals surface area contributed by atoms with Gasteiger partial charge in [0.25, 0.3) is 0 Å². The molecule has 0 amide bonds. The van der Waals surface area contributed by atoms with E-state index in [0.717, 1.165) is 18.6 Å². The van der Waals surface area contributed by atoms with Crippen molar-refractivity contribution in [1.29, 1.82) is 0 Å². The van der Waals surface area contributed by atoms with Crippen molar-refractivity contribution in [2.24, 2.45) is 5.41 Å². The number of ether oxygens (including phenoxy) is 1. The van der Waals surface area contributed by atoms with Crippen LogP contribution in [-0.4, -0.2) is 10.9 Å². The Bertz CT molecular complexity index is 356. The molecule has 1 nitrogen and oxygen atoms in total. The zero-order valence-corrected chi connectivity index (χ0v) is 11.8. The van der Waals surface area contributed by atoms with Gasteiger partial charge in [-0.1, -0.05) is 48.8 Å². The summed E-state index contributed by atoms with van der Waals surface area (Å²) in [7, 11) is 0. The predicted molar refractivity (Wildman–Crippen MR) is 71.3 cm³/mol. The molecular formula is C14H19BrO. The van der Waals surface area contributed by atoms with Gasteiger partial charge in [-0.15, -0.1) is 0 Å². The van der Waals surface area contributed by atoms with E-state index in [9.17, 15) is 0 Å². The van der Waals surface area contributed by atoms with E-state index in [1.807, 2.05) is 0 Å². The van der Waals surface area contributed by atoms with E-state index >= 15 is 0 Å². The molecule has 0 saturated heterocycles. The molecule has 2 heteroatoms. The number of aryl methyl sites for hydroxylation is 1. The van der Waals surface area contributed by atoms with Crippen LogP contribution in [-0.2, 0) is 6.42 Å². The summed E-state index contributed by atoms with van der Waals surface area (Å²) in [5.41, 5.74) is 1.60. The third-order valence-electron chi connectivity index (χ3n) is 3.67. The standard InChI is InChI=1S/C14H19BrO/c1-4-10-5-7-11(8-6-10)16-13-9-12(15)14(13,2)3/h5-8,12-13H,4,9H2,1-3H3. The minimum Gasteiger partial charge on any atom is -0.490 e. The van der Waals surface area contributed by atoms with Crippen molar-refractivity contribution >= 4 is 15.9 Å². The molecule has 2 rings (SSSR count). The second-order valence-electron chi connectivity index (χ2n) is 5.13. The maximum atomic E-state index is 6.01. The molecule has 0 N–H and O–H groups in total. The Morgan fingerprint density at radius 2 is 1.94 bits per heavy atom. The third-order valence-corrected chi connectivity index (χ3v) is 5.22. The lowest BCUT2D eigenvalue weighted by Gasteiger charge is -2.48.